The van der Waals surface area contributed by atoms with Gasteiger partial charge in [0, 0.05) is 16.1 Å². The molecule has 12 heavy (non-hydrogen) atoms. The van der Waals surface area contributed by atoms with Crippen LogP contribution in [0.1, 0.15) is 5.56 Å². The Bertz CT molecular complexity index is 239. The van der Waals surface area contributed by atoms with E-state index in [0.29, 0.717) is 6.54 Å². The highest BCUT2D eigenvalue weighted by atomic mass is 79.9. The minimum Gasteiger partial charge on any atom is -0.291 e. The standard InChI is InChI=1S/C8H9BrFNO/c1-12-11(9)6-7-2-4-8(10)5-3-7/h2-5H,6H2,1H3. The molecule has 0 heterocycles. The van der Waals surface area contributed by atoms with Gasteiger partial charge in [-0.2, -0.15) is 0 Å². The summed E-state index contributed by atoms with van der Waals surface area (Å²) < 4.78 is 13.9. The highest BCUT2D eigenvalue weighted by molar-refractivity contribution is 9.07. The topological polar surface area (TPSA) is 12.5 Å². The second kappa shape index (κ2) is 4.54. The molecule has 0 N–H and O–H groups in total. The van der Waals surface area contributed by atoms with Gasteiger partial charge in [-0.25, -0.2) is 4.39 Å². The van der Waals surface area contributed by atoms with Crippen LogP contribution in [0.15, 0.2) is 24.3 Å². The molecule has 1 aromatic carbocycles. The molecule has 0 aliphatic rings. The van der Waals surface area contributed by atoms with Crippen molar-refractivity contribution in [1.82, 2.24) is 4.09 Å². The predicted octanol–water partition coefficient (Wildman–Crippen LogP) is 2.50. The lowest BCUT2D eigenvalue weighted by atomic mass is 10.2. The fraction of sp³-hybridized carbons (Fsp3) is 0.250. The fourth-order valence-corrected chi connectivity index (χ4v) is 1.09. The molecule has 0 spiro atoms. The monoisotopic (exact) mass is 233 g/mol. The molecule has 0 saturated heterocycles. The van der Waals surface area contributed by atoms with Gasteiger partial charge < -0.3 is 0 Å². The first-order chi connectivity index (χ1) is 5.72. The Labute approximate surface area is 79.2 Å². The van der Waals surface area contributed by atoms with Crippen molar-refractivity contribution in [3.63, 3.8) is 0 Å². The third-order valence-corrected chi connectivity index (χ3v) is 1.96. The Morgan fingerprint density at radius 3 is 2.50 bits per heavy atom. The van der Waals surface area contributed by atoms with E-state index in [0.717, 1.165) is 5.56 Å². The van der Waals surface area contributed by atoms with Crippen molar-refractivity contribution < 1.29 is 9.23 Å². The minimum absolute atomic E-state index is 0.225. The van der Waals surface area contributed by atoms with Gasteiger partial charge in [0.15, 0.2) is 0 Å². The second-order valence-corrected chi connectivity index (χ2v) is 3.08. The summed E-state index contributed by atoms with van der Waals surface area (Å²) in [7, 11) is 1.55. The second-order valence-electron chi connectivity index (χ2n) is 2.28. The first kappa shape index (κ1) is 9.64. The number of hydroxylamine groups is 1. The molecule has 0 atom stereocenters. The van der Waals surface area contributed by atoms with E-state index in [-0.39, 0.29) is 5.82 Å². The third kappa shape index (κ3) is 2.89. The van der Waals surface area contributed by atoms with Crippen LogP contribution in [-0.4, -0.2) is 11.2 Å². The van der Waals surface area contributed by atoms with Gasteiger partial charge in [-0.05, 0) is 17.7 Å². The van der Waals surface area contributed by atoms with E-state index in [9.17, 15) is 4.39 Å². The van der Waals surface area contributed by atoms with Gasteiger partial charge in [-0.1, -0.05) is 12.1 Å². The van der Waals surface area contributed by atoms with Crippen LogP contribution in [0.3, 0.4) is 0 Å². The van der Waals surface area contributed by atoms with Crippen LogP contribution in [0.4, 0.5) is 4.39 Å². The first-order valence-corrected chi connectivity index (χ1v) is 4.15. The average molecular weight is 234 g/mol. The molecule has 1 rings (SSSR count). The molecule has 0 amide bonds. The van der Waals surface area contributed by atoms with Gasteiger partial charge in [0.2, 0.25) is 0 Å². The van der Waals surface area contributed by atoms with Gasteiger partial charge in [0.1, 0.15) is 5.82 Å². The van der Waals surface area contributed by atoms with E-state index in [1.54, 1.807) is 19.2 Å². The van der Waals surface area contributed by atoms with E-state index in [2.05, 4.69) is 16.1 Å². The van der Waals surface area contributed by atoms with Crippen molar-refractivity contribution in [3.8, 4) is 0 Å². The number of nitrogens with zero attached hydrogens (tertiary/aromatic N) is 1. The third-order valence-electron chi connectivity index (χ3n) is 1.42. The summed E-state index contributed by atoms with van der Waals surface area (Å²) in [6.07, 6.45) is 0. The zero-order valence-corrected chi connectivity index (χ0v) is 8.21. The lowest BCUT2D eigenvalue weighted by molar-refractivity contribution is -0.0360. The van der Waals surface area contributed by atoms with Crippen LogP contribution in [0.5, 0.6) is 0 Å². The van der Waals surface area contributed by atoms with Crippen LogP contribution in [-0.2, 0) is 11.4 Å². The maximum Gasteiger partial charge on any atom is 0.123 e. The minimum atomic E-state index is -0.225. The molecule has 2 nitrogen and oxygen atoms in total. The summed E-state index contributed by atoms with van der Waals surface area (Å²) in [5.41, 5.74) is 0.982. The summed E-state index contributed by atoms with van der Waals surface area (Å²) in [5, 5.41) is 0. The Kier molecular flexibility index (Phi) is 3.65. The number of rotatable bonds is 3. The Morgan fingerprint density at radius 1 is 1.42 bits per heavy atom. The normalized spacial score (nSPS) is 10.7. The van der Waals surface area contributed by atoms with E-state index in [1.807, 2.05) is 0 Å². The zero-order valence-electron chi connectivity index (χ0n) is 6.63. The smallest absolute Gasteiger partial charge is 0.123 e. The van der Waals surface area contributed by atoms with Crippen molar-refractivity contribution >= 4 is 16.1 Å². The maximum atomic E-state index is 12.4. The fourth-order valence-electron chi connectivity index (χ4n) is 0.798. The van der Waals surface area contributed by atoms with Gasteiger partial charge in [0.05, 0.1) is 13.7 Å². The SMILES string of the molecule is CON(Br)Cc1ccc(F)cc1. The molecule has 0 bridgehead atoms. The molecule has 0 aromatic heterocycles. The molecule has 0 unspecified atom stereocenters. The molecule has 1 aromatic rings. The van der Waals surface area contributed by atoms with E-state index in [4.69, 9.17) is 4.84 Å². The van der Waals surface area contributed by atoms with Crippen LogP contribution in [0.2, 0.25) is 0 Å². The van der Waals surface area contributed by atoms with E-state index >= 15 is 0 Å². The lowest BCUT2D eigenvalue weighted by Crippen LogP contribution is -2.08. The zero-order chi connectivity index (χ0) is 8.97. The van der Waals surface area contributed by atoms with Crippen LogP contribution in [0, 0.1) is 5.82 Å². The number of hydrogen-bond donors (Lipinski definition) is 0. The number of hydrogen-bond acceptors (Lipinski definition) is 2. The van der Waals surface area contributed by atoms with Gasteiger partial charge in [-0.3, -0.25) is 4.84 Å². The van der Waals surface area contributed by atoms with Crippen molar-refractivity contribution in [1.29, 1.82) is 0 Å². The van der Waals surface area contributed by atoms with Gasteiger partial charge >= 0.3 is 0 Å². The largest absolute Gasteiger partial charge is 0.291 e. The van der Waals surface area contributed by atoms with Gasteiger partial charge in [-0.15, -0.1) is 4.09 Å². The lowest BCUT2D eigenvalue weighted by Gasteiger charge is -2.09. The van der Waals surface area contributed by atoms with Crippen molar-refractivity contribution in [2.75, 3.05) is 7.11 Å². The molecule has 66 valence electrons. The number of benzene rings is 1. The van der Waals surface area contributed by atoms with Crippen molar-refractivity contribution in [2.45, 2.75) is 6.54 Å². The Morgan fingerprint density at radius 2 is 2.00 bits per heavy atom. The van der Waals surface area contributed by atoms with E-state index in [1.165, 1.54) is 16.2 Å². The number of halogens is 2. The molecular weight excluding hydrogens is 225 g/mol. The van der Waals surface area contributed by atoms with Crippen LogP contribution >= 0.6 is 16.1 Å². The van der Waals surface area contributed by atoms with Gasteiger partial charge in [0.25, 0.3) is 0 Å². The summed E-state index contributed by atoms with van der Waals surface area (Å²) in [6.45, 7) is 0.580. The highest BCUT2D eigenvalue weighted by Crippen LogP contribution is 2.09. The molecular formula is C8H9BrFNO. The first-order valence-electron chi connectivity index (χ1n) is 3.44. The maximum absolute atomic E-state index is 12.4. The van der Waals surface area contributed by atoms with Crippen molar-refractivity contribution in [2.24, 2.45) is 0 Å². The highest BCUT2D eigenvalue weighted by Gasteiger charge is 1.99. The average Bonchev–Trinajstić information content (AvgIpc) is 2.09. The summed E-state index contributed by atoms with van der Waals surface area (Å²) in [5.74, 6) is -0.225. The summed E-state index contributed by atoms with van der Waals surface area (Å²) >= 11 is 3.15. The molecule has 0 aliphatic carbocycles. The van der Waals surface area contributed by atoms with Crippen LogP contribution < -0.4 is 0 Å². The Hall–Kier alpha value is -0.450. The summed E-state index contributed by atoms with van der Waals surface area (Å²) in [6, 6.07) is 6.27. The summed E-state index contributed by atoms with van der Waals surface area (Å²) in [4.78, 5) is 4.84. The van der Waals surface area contributed by atoms with Crippen molar-refractivity contribution in [3.05, 3.63) is 35.6 Å². The Balaban J connectivity index is 2.58. The van der Waals surface area contributed by atoms with Crippen LogP contribution in [0.25, 0.3) is 0 Å². The molecule has 0 radical (unpaired) electrons. The molecule has 4 heteroatoms. The quantitative estimate of drug-likeness (QED) is 0.588. The van der Waals surface area contributed by atoms with E-state index < -0.39 is 0 Å². The molecule has 0 fully saturated rings. The molecule has 0 aliphatic heterocycles. The predicted molar refractivity (Wildman–Crippen MR) is 47.9 cm³/mol. The molecule has 0 saturated carbocycles.